The topological polar surface area (TPSA) is 46.2 Å². The Balaban J connectivity index is 2.41. The van der Waals surface area contributed by atoms with Crippen molar-refractivity contribution in [2.24, 2.45) is 0 Å². The van der Waals surface area contributed by atoms with Gasteiger partial charge in [0, 0.05) is 10.2 Å². The van der Waals surface area contributed by atoms with Crippen LogP contribution in [0.2, 0.25) is 0 Å². The van der Waals surface area contributed by atoms with Gasteiger partial charge in [0.15, 0.2) is 0 Å². The third-order valence-electron chi connectivity index (χ3n) is 2.47. The molecule has 0 radical (unpaired) electrons. The molecule has 0 aliphatic rings. The van der Waals surface area contributed by atoms with Crippen LogP contribution in [0.3, 0.4) is 0 Å². The van der Waals surface area contributed by atoms with E-state index in [4.69, 9.17) is 10.8 Å². The van der Waals surface area contributed by atoms with E-state index in [2.05, 4.69) is 15.9 Å². The summed E-state index contributed by atoms with van der Waals surface area (Å²) in [6.45, 7) is 0.0442. The van der Waals surface area contributed by atoms with Gasteiger partial charge in [-0.05, 0) is 34.9 Å². The number of halogens is 1. The van der Waals surface area contributed by atoms with Gasteiger partial charge in [-0.1, -0.05) is 40.2 Å². The van der Waals surface area contributed by atoms with Crippen LogP contribution >= 0.6 is 15.9 Å². The molecule has 16 heavy (non-hydrogen) atoms. The molecule has 3 heteroatoms. The zero-order valence-corrected chi connectivity index (χ0v) is 10.2. The molecule has 2 aromatic carbocycles. The molecule has 2 rings (SSSR count). The quantitative estimate of drug-likeness (QED) is 0.829. The fraction of sp³-hybridized carbons (Fsp3) is 0.0769. The number of rotatable bonds is 2. The molecule has 3 N–H and O–H groups in total. The lowest BCUT2D eigenvalue weighted by atomic mass is 10.0. The van der Waals surface area contributed by atoms with Gasteiger partial charge in [0.1, 0.15) is 0 Å². The van der Waals surface area contributed by atoms with Crippen LogP contribution in [-0.2, 0) is 6.61 Å². The lowest BCUT2D eigenvalue weighted by Crippen LogP contribution is -1.87. The molecule has 82 valence electrons. The van der Waals surface area contributed by atoms with Crippen LogP contribution in [-0.4, -0.2) is 5.11 Å². The smallest absolute Gasteiger partial charge is 0.0692 e. The number of hydrogen-bond donors (Lipinski definition) is 2. The standard InChI is InChI=1S/C13H12BrNO/c14-13-7-10(1-2-11(13)8-16)9-3-5-12(15)6-4-9/h1-7,16H,8,15H2. The lowest BCUT2D eigenvalue weighted by Gasteiger charge is -2.06. The highest BCUT2D eigenvalue weighted by Crippen LogP contribution is 2.26. The summed E-state index contributed by atoms with van der Waals surface area (Å²) in [4.78, 5) is 0. The highest BCUT2D eigenvalue weighted by molar-refractivity contribution is 9.10. The van der Waals surface area contributed by atoms with Crippen molar-refractivity contribution in [1.29, 1.82) is 0 Å². The summed E-state index contributed by atoms with van der Waals surface area (Å²) >= 11 is 3.43. The SMILES string of the molecule is Nc1ccc(-c2ccc(CO)c(Br)c2)cc1. The maximum Gasteiger partial charge on any atom is 0.0692 e. The molecule has 0 atom stereocenters. The van der Waals surface area contributed by atoms with Crippen LogP contribution in [0.4, 0.5) is 5.69 Å². The number of aliphatic hydroxyl groups is 1. The number of benzene rings is 2. The number of nitrogens with two attached hydrogens (primary N) is 1. The summed E-state index contributed by atoms with van der Waals surface area (Å²) in [5, 5.41) is 9.07. The van der Waals surface area contributed by atoms with E-state index in [-0.39, 0.29) is 6.61 Å². The van der Waals surface area contributed by atoms with Crippen LogP contribution < -0.4 is 5.73 Å². The Bertz CT molecular complexity index is 494. The molecular formula is C13H12BrNO. The van der Waals surface area contributed by atoms with E-state index in [0.29, 0.717) is 0 Å². The van der Waals surface area contributed by atoms with Gasteiger partial charge >= 0.3 is 0 Å². The molecule has 0 spiro atoms. The molecule has 0 saturated carbocycles. The zero-order valence-electron chi connectivity index (χ0n) is 8.65. The van der Waals surface area contributed by atoms with Gasteiger partial charge in [0.2, 0.25) is 0 Å². The van der Waals surface area contributed by atoms with Gasteiger partial charge in [-0.15, -0.1) is 0 Å². The van der Waals surface area contributed by atoms with E-state index in [1.807, 2.05) is 42.5 Å². The summed E-state index contributed by atoms with van der Waals surface area (Å²) in [6, 6.07) is 13.6. The minimum atomic E-state index is 0.0442. The van der Waals surface area contributed by atoms with Crippen molar-refractivity contribution in [1.82, 2.24) is 0 Å². The Morgan fingerprint density at radius 1 is 1.00 bits per heavy atom. The predicted octanol–water partition coefficient (Wildman–Crippen LogP) is 3.19. The van der Waals surface area contributed by atoms with Crippen molar-refractivity contribution in [3.05, 3.63) is 52.5 Å². The molecular weight excluding hydrogens is 266 g/mol. The number of hydrogen-bond acceptors (Lipinski definition) is 2. The van der Waals surface area contributed by atoms with Gasteiger partial charge in [-0.3, -0.25) is 0 Å². The summed E-state index contributed by atoms with van der Waals surface area (Å²) in [5.41, 5.74) is 9.50. The fourth-order valence-corrected chi connectivity index (χ4v) is 2.03. The summed E-state index contributed by atoms with van der Waals surface area (Å²) in [6.07, 6.45) is 0. The minimum absolute atomic E-state index is 0.0442. The molecule has 0 aliphatic heterocycles. The first kappa shape index (κ1) is 11.2. The Labute approximate surface area is 103 Å². The van der Waals surface area contributed by atoms with Crippen LogP contribution in [0.15, 0.2) is 46.9 Å². The first-order valence-electron chi connectivity index (χ1n) is 4.96. The maximum absolute atomic E-state index is 9.07. The average Bonchev–Trinajstić information content (AvgIpc) is 2.30. The molecule has 0 unspecified atom stereocenters. The van der Waals surface area contributed by atoms with Crippen LogP contribution in [0.25, 0.3) is 11.1 Å². The largest absolute Gasteiger partial charge is 0.399 e. The van der Waals surface area contributed by atoms with Crippen LogP contribution in [0.5, 0.6) is 0 Å². The molecule has 0 heterocycles. The number of anilines is 1. The lowest BCUT2D eigenvalue weighted by molar-refractivity contribution is 0.281. The zero-order chi connectivity index (χ0) is 11.5. The Morgan fingerprint density at radius 2 is 1.62 bits per heavy atom. The Kier molecular flexibility index (Phi) is 3.27. The average molecular weight is 278 g/mol. The summed E-state index contributed by atoms with van der Waals surface area (Å²) < 4.78 is 0.921. The number of aliphatic hydroxyl groups excluding tert-OH is 1. The van der Waals surface area contributed by atoms with E-state index < -0.39 is 0 Å². The molecule has 0 aliphatic carbocycles. The minimum Gasteiger partial charge on any atom is -0.399 e. The highest BCUT2D eigenvalue weighted by Gasteiger charge is 2.02. The first-order valence-corrected chi connectivity index (χ1v) is 5.75. The van der Waals surface area contributed by atoms with E-state index in [1.54, 1.807) is 0 Å². The highest BCUT2D eigenvalue weighted by atomic mass is 79.9. The summed E-state index contributed by atoms with van der Waals surface area (Å²) in [5.74, 6) is 0. The third kappa shape index (κ3) is 2.26. The molecule has 0 aromatic heterocycles. The van der Waals surface area contributed by atoms with Crippen molar-refractivity contribution >= 4 is 21.6 Å². The van der Waals surface area contributed by atoms with Crippen LogP contribution in [0, 0.1) is 0 Å². The molecule has 2 aromatic rings. The van der Waals surface area contributed by atoms with Gasteiger partial charge in [0.25, 0.3) is 0 Å². The molecule has 2 nitrogen and oxygen atoms in total. The monoisotopic (exact) mass is 277 g/mol. The van der Waals surface area contributed by atoms with Crippen molar-refractivity contribution < 1.29 is 5.11 Å². The van der Waals surface area contributed by atoms with E-state index in [1.165, 1.54) is 0 Å². The fourth-order valence-electron chi connectivity index (χ4n) is 1.53. The second-order valence-electron chi connectivity index (χ2n) is 3.59. The molecule has 0 fully saturated rings. The van der Waals surface area contributed by atoms with Crippen molar-refractivity contribution in [2.75, 3.05) is 5.73 Å². The molecule has 0 bridgehead atoms. The van der Waals surface area contributed by atoms with Crippen molar-refractivity contribution in [3.63, 3.8) is 0 Å². The number of nitrogen functional groups attached to an aromatic ring is 1. The second kappa shape index (κ2) is 4.68. The van der Waals surface area contributed by atoms with Crippen LogP contribution in [0.1, 0.15) is 5.56 Å². The van der Waals surface area contributed by atoms with Gasteiger partial charge in [-0.25, -0.2) is 0 Å². The maximum atomic E-state index is 9.07. The first-order chi connectivity index (χ1) is 7.70. The van der Waals surface area contributed by atoms with Gasteiger partial charge in [0.05, 0.1) is 6.61 Å². The third-order valence-corrected chi connectivity index (χ3v) is 3.21. The molecule has 0 amide bonds. The second-order valence-corrected chi connectivity index (χ2v) is 4.44. The van der Waals surface area contributed by atoms with E-state index in [9.17, 15) is 0 Å². The van der Waals surface area contributed by atoms with Crippen molar-refractivity contribution in [3.8, 4) is 11.1 Å². The normalized spacial score (nSPS) is 10.4. The van der Waals surface area contributed by atoms with E-state index >= 15 is 0 Å². The Morgan fingerprint density at radius 3 is 2.19 bits per heavy atom. The predicted molar refractivity (Wildman–Crippen MR) is 69.9 cm³/mol. The van der Waals surface area contributed by atoms with Gasteiger partial charge < -0.3 is 10.8 Å². The summed E-state index contributed by atoms with van der Waals surface area (Å²) in [7, 11) is 0. The molecule has 0 saturated heterocycles. The van der Waals surface area contributed by atoms with E-state index in [0.717, 1.165) is 26.9 Å². The Hall–Kier alpha value is -1.32. The van der Waals surface area contributed by atoms with Gasteiger partial charge in [-0.2, -0.15) is 0 Å². The van der Waals surface area contributed by atoms with Crippen molar-refractivity contribution in [2.45, 2.75) is 6.61 Å².